The van der Waals surface area contributed by atoms with E-state index < -0.39 is 19.3 Å². The van der Waals surface area contributed by atoms with Gasteiger partial charge in [-0.3, -0.25) is 0 Å². The monoisotopic (exact) mass is 193 g/mol. The van der Waals surface area contributed by atoms with Crippen molar-refractivity contribution in [2.24, 2.45) is 5.73 Å². The second-order valence-corrected chi connectivity index (χ2v) is 3.38. The molecule has 4 N–H and O–H groups in total. The highest BCUT2D eigenvalue weighted by Crippen LogP contribution is 2.25. The molecule has 2 rings (SSSR count). The van der Waals surface area contributed by atoms with Crippen molar-refractivity contribution >= 4 is 12.6 Å². The quantitative estimate of drug-likeness (QED) is 0.513. The molecular formula is C9H12BNO3. The third kappa shape index (κ3) is 1.44. The first-order valence-corrected chi connectivity index (χ1v) is 4.53. The molecule has 0 saturated carbocycles. The highest BCUT2D eigenvalue weighted by Gasteiger charge is 2.37. The van der Waals surface area contributed by atoms with Gasteiger partial charge in [0.1, 0.15) is 0 Å². The third-order valence-corrected chi connectivity index (χ3v) is 2.44. The van der Waals surface area contributed by atoms with Crippen LogP contribution < -0.4 is 11.2 Å². The molecule has 2 unspecified atom stereocenters. The van der Waals surface area contributed by atoms with E-state index in [9.17, 15) is 5.02 Å². The van der Waals surface area contributed by atoms with Crippen LogP contribution in [-0.4, -0.2) is 29.9 Å². The normalized spacial score (nSPS) is 22.2. The summed E-state index contributed by atoms with van der Waals surface area (Å²) in [4.78, 5) is 0. The number of aliphatic hydroxyl groups is 1. The maximum Gasteiger partial charge on any atom is 0.492 e. The lowest BCUT2D eigenvalue weighted by molar-refractivity contribution is 0.123. The highest BCUT2D eigenvalue weighted by molar-refractivity contribution is 6.61. The molecule has 1 aromatic carbocycles. The van der Waals surface area contributed by atoms with E-state index in [0.717, 1.165) is 11.0 Å². The first-order valence-electron chi connectivity index (χ1n) is 4.53. The van der Waals surface area contributed by atoms with E-state index in [1.165, 1.54) is 0 Å². The minimum Gasteiger partial charge on any atom is -0.423 e. The lowest BCUT2D eigenvalue weighted by atomic mass is 9.79. The SMILES string of the molecule is NC(CO)C1OB(O)c2ccccc21. The second-order valence-electron chi connectivity index (χ2n) is 3.38. The van der Waals surface area contributed by atoms with Crippen LogP contribution in [-0.2, 0) is 4.65 Å². The lowest BCUT2D eigenvalue weighted by Gasteiger charge is -2.18. The van der Waals surface area contributed by atoms with Crippen LogP contribution in [0.2, 0.25) is 0 Å². The van der Waals surface area contributed by atoms with Crippen LogP contribution in [0.1, 0.15) is 11.7 Å². The fraction of sp³-hybridized carbons (Fsp3) is 0.333. The summed E-state index contributed by atoms with van der Waals surface area (Å²) >= 11 is 0. The van der Waals surface area contributed by atoms with Gasteiger partial charge in [-0.2, -0.15) is 0 Å². The largest absolute Gasteiger partial charge is 0.492 e. The number of hydrogen-bond donors (Lipinski definition) is 3. The minimum atomic E-state index is -0.922. The molecule has 0 bridgehead atoms. The molecule has 1 aromatic rings. The Labute approximate surface area is 82.5 Å². The van der Waals surface area contributed by atoms with Crippen molar-refractivity contribution in [3.63, 3.8) is 0 Å². The molecule has 1 aliphatic rings. The molecule has 0 aromatic heterocycles. The predicted molar refractivity (Wildman–Crippen MR) is 52.9 cm³/mol. The topological polar surface area (TPSA) is 75.7 Å². The summed E-state index contributed by atoms with van der Waals surface area (Å²) in [5.74, 6) is 0. The molecule has 0 amide bonds. The maximum atomic E-state index is 9.54. The second kappa shape index (κ2) is 3.71. The fourth-order valence-corrected chi connectivity index (χ4v) is 1.71. The van der Waals surface area contributed by atoms with Crippen molar-refractivity contribution in [3.8, 4) is 0 Å². The summed E-state index contributed by atoms with van der Waals surface area (Å²) < 4.78 is 5.25. The summed E-state index contributed by atoms with van der Waals surface area (Å²) in [6, 6.07) is 6.85. The Bertz CT molecular complexity index is 334. The standard InChI is InChI=1S/C9H12BNO3/c11-8(5-12)9-6-3-1-2-4-7(6)10(13)14-9/h1-4,8-9,12-13H,5,11H2. The summed E-state index contributed by atoms with van der Waals surface area (Å²) in [6.45, 7) is -0.161. The van der Waals surface area contributed by atoms with Crippen molar-refractivity contribution < 1.29 is 14.8 Å². The molecule has 1 heterocycles. The van der Waals surface area contributed by atoms with Crippen molar-refractivity contribution in [2.45, 2.75) is 12.1 Å². The number of hydrogen-bond acceptors (Lipinski definition) is 4. The van der Waals surface area contributed by atoms with Gasteiger partial charge in [-0.25, -0.2) is 0 Å². The van der Waals surface area contributed by atoms with Gasteiger partial charge in [0.15, 0.2) is 0 Å². The van der Waals surface area contributed by atoms with Crippen LogP contribution in [0.5, 0.6) is 0 Å². The molecule has 5 heteroatoms. The Morgan fingerprint density at radius 2 is 2.21 bits per heavy atom. The summed E-state index contributed by atoms with van der Waals surface area (Å²) in [6.07, 6.45) is -0.411. The van der Waals surface area contributed by atoms with Gasteiger partial charge in [-0.1, -0.05) is 24.3 Å². The van der Waals surface area contributed by atoms with E-state index in [2.05, 4.69) is 0 Å². The molecular weight excluding hydrogens is 181 g/mol. The molecule has 14 heavy (non-hydrogen) atoms. The number of benzene rings is 1. The predicted octanol–water partition coefficient (Wildman–Crippen LogP) is -1.23. The molecule has 0 saturated heterocycles. The van der Waals surface area contributed by atoms with Gasteiger partial charge in [-0.05, 0) is 11.0 Å². The first kappa shape index (κ1) is 9.67. The molecule has 2 atom stereocenters. The van der Waals surface area contributed by atoms with Gasteiger partial charge in [0.25, 0.3) is 0 Å². The molecule has 4 nitrogen and oxygen atoms in total. The summed E-state index contributed by atoms with van der Waals surface area (Å²) in [5.41, 5.74) is 7.27. The van der Waals surface area contributed by atoms with Gasteiger partial charge in [0.2, 0.25) is 0 Å². The Morgan fingerprint density at radius 3 is 2.93 bits per heavy atom. The van der Waals surface area contributed by atoms with E-state index in [0.29, 0.717) is 0 Å². The average molecular weight is 193 g/mol. The van der Waals surface area contributed by atoms with E-state index in [4.69, 9.17) is 15.5 Å². The molecule has 74 valence electrons. The van der Waals surface area contributed by atoms with Crippen LogP contribution >= 0.6 is 0 Å². The van der Waals surface area contributed by atoms with Gasteiger partial charge >= 0.3 is 7.12 Å². The average Bonchev–Trinajstić information content (AvgIpc) is 2.56. The van der Waals surface area contributed by atoms with Gasteiger partial charge in [-0.15, -0.1) is 0 Å². The van der Waals surface area contributed by atoms with E-state index in [1.54, 1.807) is 6.07 Å². The number of nitrogens with two attached hydrogens (primary N) is 1. The Hall–Kier alpha value is -0.875. The Morgan fingerprint density at radius 1 is 1.50 bits per heavy atom. The van der Waals surface area contributed by atoms with Gasteiger partial charge < -0.3 is 20.5 Å². The van der Waals surface area contributed by atoms with Crippen LogP contribution in [0.25, 0.3) is 0 Å². The third-order valence-electron chi connectivity index (χ3n) is 2.44. The Kier molecular flexibility index (Phi) is 2.56. The molecule has 0 aliphatic carbocycles. The van der Waals surface area contributed by atoms with Crippen LogP contribution in [0.3, 0.4) is 0 Å². The molecule has 1 aliphatic heterocycles. The minimum absolute atomic E-state index is 0.161. The van der Waals surface area contributed by atoms with Gasteiger partial charge in [0.05, 0.1) is 18.8 Å². The molecule has 0 fully saturated rings. The number of aliphatic hydroxyl groups excluding tert-OH is 1. The Balaban J connectivity index is 2.34. The zero-order valence-corrected chi connectivity index (χ0v) is 7.63. The smallest absolute Gasteiger partial charge is 0.423 e. The number of fused-ring (bicyclic) bond motifs is 1. The van der Waals surface area contributed by atoms with Crippen molar-refractivity contribution in [3.05, 3.63) is 29.8 Å². The van der Waals surface area contributed by atoms with Crippen molar-refractivity contribution in [2.75, 3.05) is 6.61 Å². The van der Waals surface area contributed by atoms with Gasteiger partial charge in [0, 0.05) is 0 Å². The fourth-order valence-electron chi connectivity index (χ4n) is 1.71. The first-order chi connectivity index (χ1) is 6.74. The summed E-state index contributed by atoms with van der Waals surface area (Å²) in [7, 11) is -0.922. The zero-order valence-electron chi connectivity index (χ0n) is 7.63. The summed E-state index contributed by atoms with van der Waals surface area (Å²) in [5, 5.41) is 18.5. The maximum absolute atomic E-state index is 9.54. The zero-order chi connectivity index (χ0) is 10.1. The lowest BCUT2D eigenvalue weighted by Crippen LogP contribution is -2.33. The molecule has 0 spiro atoms. The number of rotatable bonds is 2. The van der Waals surface area contributed by atoms with E-state index in [1.807, 2.05) is 18.2 Å². The van der Waals surface area contributed by atoms with Crippen LogP contribution in [0.15, 0.2) is 24.3 Å². The van der Waals surface area contributed by atoms with Crippen molar-refractivity contribution in [1.29, 1.82) is 0 Å². The van der Waals surface area contributed by atoms with E-state index >= 15 is 0 Å². The van der Waals surface area contributed by atoms with Crippen LogP contribution in [0, 0.1) is 0 Å². The van der Waals surface area contributed by atoms with Crippen molar-refractivity contribution in [1.82, 2.24) is 0 Å². The molecule has 0 radical (unpaired) electrons. The highest BCUT2D eigenvalue weighted by atomic mass is 16.5. The van der Waals surface area contributed by atoms with Crippen LogP contribution in [0.4, 0.5) is 0 Å². The van der Waals surface area contributed by atoms with E-state index in [-0.39, 0.29) is 6.61 Å².